The fourth-order valence-electron chi connectivity index (χ4n) is 1.77. The Bertz CT molecular complexity index is 152. The third-order valence-corrected chi connectivity index (χ3v) is 4.50. The Balaban J connectivity index is 2.67. The zero-order valence-corrected chi connectivity index (χ0v) is 8.79. The lowest BCUT2D eigenvalue weighted by molar-refractivity contribution is 0.260. The van der Waals surface area contributed by atoms with Crippen LogP contribution < -0.4 is 5.73 Å². The number of hydrogen-bond donors (Lipinski definition) is 1. The molecule has 0 aromatic carbocycles. The molecule has 0 spiro atoms. The second kappa shape index (κ2) is 2.67. The number of hydrogen-bond acceptors (Lipinski definition) is 2. The highest BCUT2D eigenvalue weighted by Gasteiger charge is 2.38. The molecule has 66 valence electrons. The lowest BCUT2D eigenvalue weighted by Gasteiger charge is -2.44. The van der Waals surface area contributed by atoms with Crippen molar-refractivity contribution in [2.75, 3.05) is 5.75 Å². The quantitative estimate of drug-likeness (QED) is 0.608. The van der Waals surface area contributed by atoms with Gasteiger partial charge in [0.15, 0.2) is 0 Å². The minimum atomic E-state index is 0.0341. The van der Waals surface area contributed by atoms with Crippen LogP contribution in [0.3, 0.4) is 0 Å². The first-order valence-corrected chi connectivity index (χ1v) is 5.29. The summed E-state index contributed by atoms with van der Waals surface area (Å²) in [6.07, 6.45) is 1.15. The fraction of sp³-hybridized carbons (Fsp3) is 1.00. The highest BCUT2D eigenvalue weighted by molar-refractivity contribution is 8.00. The Labute approximate surface area is 74.1 Å². The molecule has 1 aliphatic rings. The maximum Gasteiger partial charge on any atom is 0.0248 e. The van der Waals surface area contributed by atoms with E-state index in [0.29, 0.717) is 10.7 Å². The minimum Gasteiger partial charge on any atom is -0.324 e. The van der Waals surface area contributed by atoms with E-state index >= 15 is 0 Å². The molecular weight excluding hydrogens is 154 g/mol. The van der Waals surface area contributed by atoms with Crippen molar-refractivity contribution >= 4 is 11.8 Å². The molecule has 2 atom stereocenters. The van der Waals surface area contributed by atoms with Crippen molar-refractivity contribution < 1.29 is 0 Å². The van der Waals surface area contributed by atoms with E-state index in [-0.39, 0.29) is 5.54 Å². The van der Waals surface area contributed by atoms with Gasteiger partial charge in [-0.05, 0) is 24.5 Å². The van der Waals surface area contributed by atoms with E-state index in [1.165, 1.54) is 5.75 Å². The predicted octanol–water partition coefficient (Wildman–Crippen LogP) is 2.26. The average Bonchev–Trinajstić information content (AvgIpc) is 1.77. The first-order valence-electron chi connectivity index (χ1n) is 4.24. The first kappa shape index (κ1) is 9.40. The molecule has 1 rings (SSSR count). The summed E-state index contributed by atoms with van der Waals surface area (Å²) < 4.78 is 0. The van der Waals surface area contributed by atoms with E-state index in [4.69, 9.17) is 5.73 Å². The van der Waals surface area contributed by atoms with Crippen LogP contribution in [0.5, 0.6) is 0 Å². The van der Waals surface area contributed by atoms with Crippen LogP contribution in [0, 0.1) is 5.41 Å². The Morgan fingerprint density at radius 2 is 1.91 bits per heavy atom. The van der Waals surface area contributed by atoms with Crippen LogP contribution >= 0.6 is 11.8 Å². The van der Waals surface area contributed by atoms with Crippen LogP contribution in [-0.2, 0) is 0 Å². The van der Waals surface area contributed by atoms with Gasteiger partial charge < -0.3 is 5.73 Å². The molecular formula is C9H19NS. The zero-order chi connectivity index (χ0) is 8.70. The highest BCUT2D eigenvalue weighted by Crippen LogP contribution is 2.41. The van der Waals surface area contributed by atoms with Crippen molar-refractivity contribution in [3.63, 3.8) is 0 Å². The molecule has 0 aliphatic carbocycles. The summed E-state index contributed by atoms with van der Waals surface area (Å²) in [5.41, 5.74) is 6.64. The maximum absolute atomic E-state index is 6.18. The van der Waals surface area contributed by atoms with Crippen LogP contribution in [0.4, 0.5) is 0 Å². The molecule has 0 amide bonds. The topological polar surface area (TPSA) is 26.0 Å². The van der Waals surface area contributed by atoms with Gasteiger partial charge in [0.2, 0.25) is 0 Å². The van der Waals surface area contributed by atoms with Crippen molar-refractivity contribution in [1.82, 2.24) is 0 Å². The summed E-state index contributed by atoms with van der Waals surface area (Å²) in [5.74, 6) is 1.25. The lowest BCUT2D eigenvalue weighted by atomic mass is 9.79. The second-order valence-electron chi connectivity index (χ2n) is 4.80. The van der Waals surface area contributed by atoms with Crippen molar-refractivity contribution in [2.45, 2.75) is 44.9 Å². The summed E-state index contributed by atoms with van der Waals surface area (Å²) in [6.45, 7) is 9.01. The molecule has 0 saturated carbocycles. The third-order valence-electron chi connectivity index (χ3n) is 2.51. The van der Waals surface area contributed by atoms with Crippen molar-refractivity contribution in [2.24, 2.45) is 11.1 Å². The molecule has 0 radical (unpaired) electrons. The summed E-state index contributed by atoms with van der Waals surface area (Å²) in [7, 11) is 0. The molecule has 2 N–H and O–H groups in total. The Kier molecular flexibility index (Phi) is 2.28. The molecule has 0 aromatic heterocycles. The smallest absolute Gasteiger partial charge is 0.0248 e. The average molecular weight is 173 g/mol. The molecule has 2 heteroatoms. The van der Waals surface area contributed by atoms with Gasteiger partial charge >= 0.3 is 0 Å². The Hall–Kier alpha value is 0.310. The largest absolute Gasteiger partial charge is 0.324 e. The van der Waals surface area contributed by atoms with E-state index in [9.17, 15) is 0 Å². The maximum atomic E-state index is 6.18. The first-order chi connectivity index (χ1) is 4.83. The third kappa shape index (κ3) is 2.12. The van der Waals surface area contributed by atoms with Gasteiger partial charge in [0.1, 0.15) is 0 Å². The van der Waals surface area contributed by atoms with Gasteiger partial charge in [-0.1, -0.05) is 20.8 Å². The summed E-state index contributed by atoms with van der Waals surface area (Å²) in [4.78, 5) is 0. The molecule has 0 bridgehead atoms. The van der Waals surface area contributed by atoms with Crippen molar-refractivity contribution in [1.29, 1.82) is 0 Å². The highest BCUT2D eigenvalue weighted by atomic mass is 32.2. The standard InChI is InChI=1S/C9H19NS/c1-7-9(4,10)5-8(2,3)6-11-7/h7H,5-6,10H2,1-4H3. The molecule has 11 heavy (non-hydrogen) atoms. The summed E-state index contributed by atoms with van der Waals surface area (Å²) in [6, 6.07) is 0. The van der Waals surface area contributed by atoms with E-state index < -0.39 is 0 Å². The molecule has 0 aromatic rings. The van der Waals surface area contributed by atoms with Crippen LogP contribution in [0.1, 0.15) is 34.1 Å². The lowest BCUT2D eigenvalue weighted by Crippen LogP contribution is -2.52. The van der Waals surface area contributed by atoms with Crippen LogP contribution in [0.25, 0.3) is 0 Å². The van der Waals surface area contributed by atoms with Crippen LogP contribution in [0.15, 0.2) is 0 Å². The van der Waals surface area contributed by atoms with Gasteiger partial charge in [0.25, 0.3) is 0 Å². The molecule has 1 fully saturated rings. The monoisotopic (exact) mass is 173 g/mol. The van der Waals surface area contributed by atoms with E-state index in [1.807, 2.05) is 11.8 Å². The number of thioether (sulfide) groups is 1. The van der Waals surface area contributed by atoms with Crippen molar-refractivity contribution in [3.05, 3.63) is 0 Å². The minimum absolute atomic E-state index is 0.0341. The van der Waals surface area contributed by atoms with E-state index in [2.05, 4.69) is 27.7 Å². The second-order valence-corrected chi connectivity index (χ2v) is 6.13. The number of rotatable bonds is 0. The van der Waals surface area contributed by atoms with Crippen LogP contribution in [0.2, 0.25) is 0 Å². The van der Waals surface area contributed by atoms with Gasteiger partial charge in [-0.15, -0.1) is 0 Å². The van der Waals surface area contributed by atoms with E-state index in [0.717, 1.165) is 6.42 Å². The molecule has 1 saturated heterocycles. The SMILES string of the molecule is CC1SCC(C)(C)CC1(C)N. The zero-order valence-electron chi connectivity index (χ0n) is 7.98. The van der Waals surface area contributed by atoms with Crippen LogP contribution in [-0.4, -0.2) is 16.5 Å². The molecule has 1 aliphatic heterocycles. The van der Waals surface area contributed by atoms with Gasteiger partial charge in [-0.25, -0.2) is 0 Å². The normalized spacial score (nSPS) is 43.9. The fourth-order valence-corrected chi connectivity index (χ4v) is 3.03. The van der Waals surface area contributed by atoms with Gasteiger partial charge in [-0.2, -0.15) is 11.8 Å². The van der Waals surface area contributed by atoms with E-state index in [1.54, 1.807) is 0 Å². The Morgan fingerprint density at radius 3 is 2.27 bits per heavy atom. The van der Waals surface area contributed by atoms with Gasteiger partial charge in [0.05, 0.1) is 0 Å². The summed E-state index contributed by atoms with van der Waals surface area (Å²) in [5, 5.41) is 0.607. The van der Waals surface area contributed by atoms with Gasteiger partial charge in [0, 0.05) is 10.8 Å². The summed E-state index contributed by atoms with van der Waals surface area (Å²) >= 11 is 2.01. The van der Waals surface area contributed by atoms with Crippen molar-refractivity contribution in [3.8, 4) is 0 Å². The van der Waals surface area contributed by atoms with Gasteiger partial charge in [-0.3, -0.25) is 0 Å². The number of nitrogens with two attached hydrogens (primary N) is 1. The molecule has 2 unspecified atom stereocenters. The predicted molar refractivity (Wildman–Crippen MR) is 52.9 cm³/mol. The Morgan fingerprint density at radius 1 is 1.36 bits per heavy atom. The molecule has 1 nitrogen and oxygen atoms in total. The molecule has 1 heterocycles.